The maximum atomic E-state index is 13.0. The molecule has 114 valence electrons. The summed E-state index contributed by atoms with van der Waals surface area (Å²) in [6.45, 7) is 5.26. The molecule has 0 aliphatic carbocycles. The fraction of sp³-hybridized carbons (Fsp3) is 0.500. The van der Waals surface area contributed by atoms with Gasteiger partial charge in [-0.2, -0.15) is 0 Å². The number of carbonyl (C=O) groups excluding carboxylic acids is 1. The average molecular weight is 307 g/mol. The summed E-state index contributed by atoms with van der Waals surface area (Å²) in [7, 11) is 3.90. The first-order chi connectivity index (χ1) is 8.69. The monoisotopic (exact) mass is 306 g/mol. The Balaban J connectivity index is 0.00000361. The third-order valence-electron chi connectivity index (χ3n) is 2.60. The van der Waals surface area contributed by atoms with Gasteiger partial charge in [0.25, 0.3) is 5.91 Å². The number of amides is 1. The van der Waals surface area contributed by atoms with E-state index in [2.05, 4.69) is 5.32 Å². The molecule has 1 rings (SSSR count). The average Bonchev–Trinajstić information content (AvgIpc) is 2.22. The van der Waals surface area contributed by atoms with Crippen LogP contribution < -0.4 is 5.32 Å². The Kier molecular flexibility index (Phi) is 7.09. The van der Waals surface area contributed by atoms with Gasteiger partial charge in [-0.25, -0.2) is 8.78 Å². The number of hydrogen-bond acceptors (Lipinski definition) is 2. The second kappa shape index (κ2) is 7.55. The fourth-order valence-corrected chi connectivity index (χ4v) is 2.02. The van der Waals surface area contributed by atoms with Crippen LogP contribution >= 0.6 is 12.4 Å². The first-order valence-electron chi connectivity index (χ1n) is 6.09. The van der Waals surface area contributed by atoms with Gasteiger partial charge in [-0.05, 0) is 31.6 Å². The number of carbonyl (C=O) groups is 1. The normalized spacial score (nSPS) is 11.2. The third kappa shape index (κ3) is 6.30. The van der Waals surface area contributed by atoms with Crippen LogP contribution in [0.1, 0.15) is 24.2 Å². The van der Waals surface area contributed by atoms with Gasteiger partial charge in [0.15, 0.2) is 0 Å². The number of benzene rings is 1. The van der Waals surface area contributed by atoms with E-state index in [0.717, 1.165) is 24.7 Å². The van der Waals surface area contributed by atoms with Crippen molar-refractivity contribution in [2.75, 3.05) is 27.2 Å². The van der Waals surface area contributed by atoms with Crippen LogP contribution in [0.4, 0.5) is 8.78 Å². The fourth-order valence-electron chi connectivity index (χ4n) is 2.02. The highest BCUT2D eigenvalue weighted by molar-refractivity contribution is 5.94. The van der Waals surface area contributed by atoms with Crippen LogP contribution in [0.15, 0.2) is 18.2 Å². The lowest BCUT2D eigenvalue weighted by atomic mass is 9.93. The summed E-state index contributed by atoms with van der Waals surface area (Å²) >= 11 is 0. The summed E-state index contributed by atoms with van der Waals surface area (Å²) in [4.78, 5) is 13.8. The maximum Gasteiger partial charge on any atom is 0.251 e. The van der Waals surface area contributed by atoms with Crippen molar-refractivity contribution in [3.8, 4) is 0 Å². The molecule has 6 heteroatoms. The molecule has 0 aliphatic rings. The molecule has 0 radical (unpaired) electrons. The topological polar surface area (TPSA) is 32.3 Å². The van der Waals surface area contributed by atoms with E-state index < -0.39 is 17.5 Å². The molecule has 3 nitrogen and oxygen atoms in total. The largest absolute Gasteiger partial charge is 0.351 e. The summed E-state index contributed by atoms with van der Waals surface area (Å²) in [6, 6.07) is 2.79. The Morgan fingerprint density at radius 1 is 1.20 bits per heavy atom. The van der Waals surface area contributed by atoms with Gasteiger partial charge in [0.05, 0.1) is 0 Å². The Labute approximate surface area is 124 Å². The molecule has 1 N–H and O–H groups in total. The highest BCUT2D eigenvalue weighted by atomic mass is 35.5. The molecule has 1 aromatic rings. The molecule has 0 bridgehead atoms. The Morgan fingerprint density at radius 2 is 1.70 bits per heavy atom. The van der Waals surface area contributed by atoms with Gasteiger partial charge < -0.3 is 10.2 Å². The molecule has 0 saturated heterocycles. The number of rotatable bonds is 5. The lowest BCUT2D eigenvalue weighted by Crippen LogP contribution is -2.40. The second-order valence-electron chi connectivity index (χ2n) is 5.74. The first-order valence-corrected chi connectivity index (χ1v) is 6.09. The quantitative estimate of drug-likeness (QED) is 0.907. The Morgan fingerprint density at radius 3 is 2.15 bits per heavy atom. The molecule has 0 aromatic heterocycles. The predicted molar refractivity (Wildman–Crippen MR) is 78.3 cm³/mol. The van der Waals surface area contributed by atoms with E-state index in [4.69, 9.17) is 0 Å². The van der Waals surface area contributed by atoms with Gasteiger partial charge in [-0.3, -0.25) is 4.79 Å². The highest BCUT2D eigenvalue weighted by Gasteiger charge is 2.20. The molecule has 0 fully saturated rings. The van der Waals surface area contributed by atoms with Crippen LogP contribution in [0.3, 0.4) is 0 Å². The molecule has 0 spiro atoms. The molecule has 1 aromatic carbocycles. The van der Waals surface area contributed by atoms with E-state index in [1.165, 1.54) is 0 Å². The van der Waals surface area contributed by atoms with Crippen LogP contribution in [0, 0.1) is 17.0 Å². The third-order valence-corrected chi connectivity index (χ3v) is 2.60. The minimum Gasteiger partial charge on any atom is -0.351 e. The van der Waals surface area contributed by atoms with Crippen molar-refractivity contribution in [2.24, 2.45) is 5.41 Å². The number of hydrogen-bond donors (Lipinski definition) is 1. The SMILES string of the molecule is CN(C)CC(C)(C)CNC(=O)c1cc(F)cc(F)c1.Cl. The smallest absolute Gasteiger partial charge is 0.251 e. The lowest BCUT2D eigenvalue weighted by Gasteiger charge is -2.28. The summed E-state index contributed by atoms with van der Waals surface area (Å²) < 4.78 is 26.0. The highest BCUT2D eigenvalue weighted by Crippen LogP contribution is 2.15. The van der Waals surface area contributed by atoms with Crippen LogP contribution in [0.5, 0.6) is 0 Å². The zero-order valence-electron chi connectivity index (χ0n) is 12.2. The van der Waals surface area contributed by atoms with Crippen molar-refractivity contribution in [3.63, 3.8) is 0 Å². The van der Waals surface area contributed by atoms with E-state index in [-0.39, 0.29) is 23.4 Å². The number of nitrogens with one attached hydrogen (secondary N) is 1. The lowest BCUT2D eigenvalue weighted by molar-refractivity contribution is 0.0928. The van der Waals surface area contributed by atoms with Crippen molar-refractivity contribution >= 4 is 18.3 Å². The minimum absolute atomic E-state index is 0. The molecule has 20 heavy (non-hydrogen) atoms. The van der Waals surface area contributed by atoms with Gasteiger partial charge in [0.2, 0.25) is 0 Å². The van der Waals surface area contributed by atoms with Gasteiger partial charge in [0, 0.05) is 24.7 Å². The molecule has 0 heterocycles. The molecule has 0 aliphatic heterocycles. The Bertz CT molecular complexity index is 444. The Hall–Kier alpha value is -1.20. The van der Waals surface area contributed by atoms with E-state index >= 15 is 0 Å². The van der Waals surface area contributed by atoms with E-state index in [0.29, 0.717) is 6.54 Å². The standard InChI is InChI=1S/C14H20F2N2O.ClH/c1-14(2,9-18(3)4)8-17-13(19)10-5-11(15)7-12(16)6-10;/h5-7H,8-9H2,1-4H3,(H,17,19);1H. The molecule has 0 unspecified atom stereocenters. The zero-order valence-corrected chi connectivity index (χ0v) is 13.0. The van der Waals surface area contributed by atoms with Crippen LogP contribution in [0.25, 0.3) is 0 Å². The molecular weight excluding hydrogens is 286 g/mol. The summed E-state index contributed by atoms with van der Waals surface area (Å²) in [6.07, 6.45) is 0. The maximum absolute atomic E-state index is 13.0. The van der Waals surface area contributed by atoms with Crippen molar-refractivity contribution < 1.29 is 13.6 Å². The predicted octanol–water partition coefficient (Wildman–Crippen LogP) is 2.70. The molecular formula is C14H21ClF2N2O. The van der Waals surface area contributed by atoms with Gasteiger partial charge in [0.1, 0.15) is 11.6 Å². The molecule has 1 amide bonds. The van der Waals surface area contributed by atoms with E-state index in [1.54, 1.807) is 0 Å². The van der Waals surface area contributed by atoms with Crippen molar-refractivity contribution in [1.29, 1.82) is 0 Å². The van der Waals surface area contributed by atoms with E-state index in [1.807, 2.05) is 32.8 Å². The summed E-state index contributed by atoms with van der Waals surface area (Å²) in [5, 5.41) is 2.70. The van der Waals surface area contributed by atoms with Gasteiger partial charge in [-0.1, -0.05) is 13.8 Å². The van der Waals surface area contributed by atoms with Crippen LogP contribution in [0.2, 0.25) is 0 Å². The number of halogens is 3. The summed E-state index contributed by atoms with van der Waals surface area (Å²) in [5.74, 6) is -1.97. The van der Waals surface area contributed by atoms with Crippen molar-refractivity contribution in [1.82, 2.24) is 10.2 Å². The van der Waals surface area contributed by atoms with E-state index in [9.17, 15) is 13.6 Å². The molecule has 0 atom stereocenters. The van der Waals surface area contributed by atoms with Gasteiger partial charge in [-0.15, -0.1) is 12.4 Å². The minimum atomic E-state index is -0.752. The number of nitrogens with zero attached hydrogens (tertiary/aromatic N) is 1. The van der Waals surface area contributed by atoms with Gasteiger partial charge >= 0.3 is 0 Å². The second-order valence-corrected chi connectivity index (χ2v) is 5.74. The van der Waals surface area contributed by atoms with Crippen molar-refractivity contribution in [3.05, 3.63) is 35.4 Å². The van der Waals surface area contributed by atoms with Crippen molar-refractivity contribution in [2.45, 2.75) is 13.8 Å². The summed E-state index contributed by atoms with van der Waals surface area (Å²) in [5.41, 5.74) is -0.122. The van der Waals surface area contributed by atoms with Crippen LogP contribution in [-0.4, -0.2) is 38.0 Å². The van der Waals surface area contributed by atoms with Crippen LogP contribution in [-0.2, 0) is 0 Å². The first kappa shape index (κ1) is 18.8. The molecule has 0 saturated carbocycles. The zero-order chi connectivity index (χ0) is 14.6.